The van der Waals surface area contributed by atoms with E-state index in [1.165, 1.54) is 156 Å². The number of rotatable bonds is 44. The summed E-state index contributed by atoms with van der Waals surface area (Å²) in [7, 11) is 0. The summed E-state index contributed by atoms with van der Waals surface area (Å²) in [5.41, 5.74) is 1.91. The SMILES string of the molecule is CC(=O)NCC1OC(OC(=N)C(Cl)(Cl)Cl)C(OCc2ccccc2)C(C)C1C.CCCCCCCCCCCCCC[C@H]1OC(C)(C)O[C@H]1[C@H](CO)NC(C)=O.CCCCCCCCCCCCCC[C@H]1OC(C)(C)O[C@H]1[C@H](COC1OC(CNC(C)=O)C(C)C(C)C1C)NC(=O)OCc1ccccc1. The maximum Gasteiger partial charge on any atom is 0.407 e. The van der Waals surface area contributed by atoms with Gasteiger partial charge in [-0.25, -0.2) is 4.79 Å². The Hall–Kier alpha value is -3.90. The molecule has 20 nitrogen and oxygen atoms in total. The predicted octanol–water partition coefficient (Wildman–Crippen LogP) is 17.8. The van der Waals surface area contributed by atoms with Gasteiger partial charge in [-0.05, 0) is 75.3 Å². The third kappa shape index (κ3) is 37.1. The van der Waals surface area contributed by atoms with Crippen LogP contribution in [0.2, 0.25) is 0 Å². The molecule has 16 atom stereocenters. The highest BCUT2D eigenvalue weighted by atomic mass is 35.6. The number of amides is 4. The van der Waals surface area contributed by atoms with E-state index in [9.17, 15) is 24.3 Å². The lowest BCUT2D eigenvalue weighted by atomic mass is 9.79. The number of carbonyl (C=O) groups excluding carboxylic acids is 4. The lowest BCUT2D eigenvalue weighted by Crippen LogP contribution is -2.55. The highest BCUT2D eigenvalue weighted by molar-refractivity contribution is 6.76. The lowest BCUT2D eigenvalue weighted by molar-refractivity contribution is -0.257. The number of hydrogen-bond donors (Lipinski definition) is 6. The van der Waals surface area contributed by atoms with Crippen LogP contribution >= 0.6 is 34.8 Å². The van der Waals surface area contributed by atoms with Crippen LogP contribution in [0.4, 0.5) is 4.79 Å². The Morgan fingerprint density at radius 1 is 0.495 bits per heavy atom. The highest BCUT2D eigenvalue weighted by Crippen LogP contribution is 2.40. The van der Waals surface area contributed by atoms with Crippen LogP contribution < -0.4 is 21.3 Å². The van der Waals surface area contributed by atoms with Gasteiger partial charge in [0.05, 0.1) is 56.3 Å². The Kier molecular flexibility index (Phi) is 45.2. The number of hydrogen-bond acceptors (Lipinski definition) is 16. The van der Waals surface area contributed by atoms with Gasteiger partial charge in [-0.1, -0.05) is 298 Å². The fourth-order valence-corrected chi connectivity index (χ4v) is 14.4. The number of alkyl halides is 3. The molecule has 2 aromatic carbocycles. The van der Waals surface area contributed by atoms with Gasteiger partial charge in [-0.3, -0.25) is 19.8 Å². The Bertz CT molecular complexity index is 2700. The Morgan fingerprint density at radius 3 is 1.30 bits per heavy atom. The maximum atomic E-state index is 13.2. The van der Waals surface area contributed by atoms with Crippen LogP contribution in [-0.2, 0) is 75.0 Å². The van der Waals surface area contributed by atoms with Gasteiger partial charge < -0.3 is 73.7 Å². The number of unbranched alkanes of at least 4 members (excludes halogenated alkanes) is 22. The van der Waals surface area contributed by atoms with Gasteiger partial charge in [0.25, 0.3) is 3.79 Å². The summed E-state index contributed by atoms with van der Waals surface area (Å²) in [6, 6.07) is 18.4. The van der Waals surface area contributed by atoms with Gasteiger partial charge in [0.2, 0.25) is 29.9 Å². The molecule has 4 aliphatic rings. The van der Waals surface area contributed by atoms with E-state index in [2.05, 4.69) is 55.9 Å². The van der Waals surface area contributed by atoms with Crippen molar-refractivity contribution >= 4 is 64.5 Å². The van der Waals surface area contributed by atoms with Crippen molar-refractivity contribution in [2.24, 2.45) is 29.6 Å². The molecule has 10 unspecified atom stereocenters. The van der Waals surface area contributed by atoms with Gasteiger partial charge in [0.1, 0.15) is 24.9 Å². The Morgan fingerprint density at radius 2 is 0.895 bits per heavy atom. The standard InChI is InChI=1S/C40H68N2O7.C23H45NO4.C19H25Cl3N2O4/c1-8-9-10-11-12-13-14-15-16-17-18-22-25-35-37(49-40(6,7)48-35)34(42-39(44)46-27-33-23-20-19-21-24-33)28-45-38-31(4)29(2)30(3)36(47-38)26-41-32(5)43;1-5-6-7-8-9-10-11-12-13-14-15-16-17-21-22(28-23(3,4)27-21)20(18-25)24-19(2)26;1-11-12(2)16(26-10-14-7-5-4-6-8-14)17(28-18(23)19(20,21)22)27-15(11)9-24-13(3)25/h19-21,23-24,29-31,34-38H,8-18,22,25-28H2,1-7H3,(H,41,43)(H,42,44);20-22,25H,5-18H2,1-4H3,(H,24,26);4-8,11-12,15-17,23H,9-10H2,1-3H3,(H,24,25)/t29?,30?,31?,34-,35+,36?,37-,38?;20-,21+,22-;/m00./s1. The third-order valence-corrected chi connectivity index (χ3v) is 21.4. The van der Waals surface area contributed by atoms with Gasteiger partial charge in [0.15, 0.2) is 17.9 Å². The third-order valence-electron chi connectivity index (χ3n) is 20.8. The summed E-state index contributed by atoms with van der Waals surface area (Å²) in [6.07, 6.45) is 29.2. The van der Waals surface area contributed by atoms with Crippen molar-refractivity contribution in [2.75, 3.05) is 26.3 Å². The quantitative estimate of drug-likeness (QED) is 0.0156. The molecule has 23 heteroatoms. The minimum absolute atomic E-state index is 0.00407. The van der Waals surface area contributed by atoms with Crippen LogP contribution in [0, 0.1) is 35.0 Å². The zero-order valence-corrected chi connectivity index (χ0v) is 68.7. The number of ether oxygens (including phenoxy) is 10. The van der Waals surface area contributed by atoms with Gasteiger partial charge in [-0.15, -0.1) is 0 Å². The van der Waals surface area contributed by atoms with E-state index in [-0.39, 0.29) is 91.7 Å². The molecule has 4 aliphatic heterocycles. The summed E-state index contributed by atoms with van der Waals surface area (Å²) in [6.45, 7) is 28.4. The normalized spacial score (nSPS) is 26.0. The monoisotopic (exact) mass is 1540 g/mol. The van der Waals surface area contributed by atoms with Crippen LogP contribution in [0.15, 0.2) is 60.7 Å². The summed E-state index contributed by atoms with van der Waals surface area (Å²) < 4.78 is 59.1. The molecule has 0 bridgehead atoms. The molecule has 105 heavy (non-hydrogen) atoms. The number of alkyl carbamates (subject to hydrolysis) is 1. The molecule has 0 radical (unpaired) electrons. The zero-order valence-electron chi connectivity index (χ0n) is 66.4. The zero-order chi connectivity index (χ0) is 77.4. The molecule has 4 fully saturated rings. The smallest absolute Gasteiger partial charge is 0.407 e. The molecule has 4 saturated heterocycles. The van der Waals surface area contributed by atoms with Crippen LogP contribution in [0.5, 0.6) is 0 Å². The number of carbonyl (C=O) groups is 4. The predicted molar refractivity (Wildman–Crippen MR) is 418 cm³/mol. The summed E-state index contributed by atoms with van der Waals surface area (Å²) in [5.74, 6) is -1.66. The van der Waals surface area contributed by atoms with Crippen molar-refractivity contribution in [1.82, 2.24) is 21.3 Å². The number of nitrogens with one attached hydrogen (secondary N) is 5. The Balaban J connectivity index is 0.000000357. The maximum absolute atomic E-state index is 13.2. The van der Waals surface area contributed by atoms with Crippen molar-refractivity contribution in [3.05, 3.63) is 71.8 Å². The van der Waals surface area contributed by atoms with E-state index in [0.717, 1.165) is 43.2 Å². The first-order valence-electron chi connectivity index (χ1n) is 39.9. The summed E-state index contributed by atoms with van der Waals surface area (Å²) >= 11 is 17.3. The highest BCUT2D eigenvalue weighted by Gasteiger charge is 2.49. The molecular weight excluding hydrogens is 1400 g/mol. The van der Waals surface area contributed by atoms with E-state index in [0.29, 0.717) is 25.6 Å². The molecule has 2 aromatic rings. The first-order valence-corrected chi connectivity index (χ1v) is 41.1. The molecule has 0 spiro atoms. The second-order valence-corrected chi connectivity index (χ2v) is 33.0. The number of halogens is 3. The minimum Gasteiger partial charge on any atom is -0.445 e. The molecule has 4 heterocycles. The second-order valence-electron chi connectivity index (χ2n) is 30.7. The first-order chi connectivity index (χ1) is 50.0. The molecule has 4 amide bonds. The first kappa shape index (κ1) is 93.5. The number of benzene rings is 2. The largest absolute Gasteiger partial charge is 0.445 e. The van der Waals surface area contributed by atoms with E-state index >= 15 is 0 Å². The number of aliphatic hydroxyl groups is 1. The van der Waals surface area contributed by atoms with Crippen LogP contribution in [0.3, 0.4) is 0 Å². The van der Waals surface area contributed by atoms with Gasteiger partial charge in [0, 0.05) is 39.8 Å². The van der Waals surface area contributed by atoms with Crippen molar-refractivity contribution in [2.45, 2.75) is 360 Å². The van der Waals surface area contributed by atoms with Crippen molar-refractivity contribution in [3.8, 4) is 0 Å². The van der Waals surface area contributed by atoms with Crippen LogP contribution in [-0.4, -0.2) is 144 Å². The summed E-state index contributed by atoms with van der Waals surface area (Å²) in [5, 5.41) is 29.0. The van der Waals surface area contributed by atoms with E-state index < -0.39 is 64.2 Å². The Labute approximate surface area is 646 Å². The summed E-state index contributed by atoms with van der Waals surface area (Å²) in [4.78, 5) is 47.5. The average molecular weight is 1540 g/mol. The molecule has 0 aliphatic carbocycles. The van der Waals surface area contributed by atoms with Crippen molar-refractivity contribution in [3.63, 3.8) is 0 Å². The van der Waals surface area contributed by atoms with Gasteiger partial charge in [-0.2, -0.15) is 0 Å². The molecular formula is C82H138Cl3N5O15. The molecule has 602 valence electrons. The van der Waals surface area contributed by atoms with Crippen molar-refractivity contribution in [1.29, 1.82) is 5.41 Å². The number of aliphatic hydroxyl groups excluding tert-OH is 1. The van der Waals surface area contributed by atoms with E-state index in [4.69, 9.17) is 87.6 Å². The fraction of sp³-hybridized carbons (Fsp3) is 0.793. The fourth-order valence-electron chi connectivity index (χ4n) is 14.2. The van der Waals surface area contributed by atoms with Crippen molar-refractivity contribution < 1.29 is 71.7 Å². The lowest BCUT2D eigenvalue weighted by Gasteiger charge is -2.44. The molecule has 0 saturated carbocycles. The molecule has 6 N–H and O–H groups in total. The van der Waals surface area contributed by atoms with Gasteiger partial charge >= 0.3 is 6.09 Å². The average Bonchev–Trinajstić information content (AvgIpc) is 1.29. The van der Waals surface area contributed by atoms with Crippen LogP contribution in [0.1, 0.15) is 275 Å². The second kappa shape index (κ2) is 50.8. The molecule has 6 rings (SSSR count). The van der Waals surface area contributed by atoms with Crippen LogP contribution in [0.25, 0.3) is 0 Å². The topological polar surface area (TPSA) is 253 Å². The molecule has 0 aromatic heterocycles. The minimum atomic E-state index is -2.01. The van der Waals surface area contributed by atoms with E-state index in [1.54, 1.807) is 0 Å². The van der Waals surface area contributed by atoms with E-state index in [1.807, 2.05) is 102 Å².